The maximum absolute atomic E-state index is 12.8. The number of aromatic nitrogens is 1. The third-order valence-corrected chi connectivity index (χ3v) is 4.26. The number of methoxy groups -OCH3 is 1. The number of ether oxygens (including phenoxy) is 1. The standard InChI is InChI=1S/C19H25N3O3/c1-12-16(19(24)25-6)13(2)20-17(12)18(23)22(5)11-14-7-9-15(10-8-14)21(3)4/h7-10,20H,11H2,1-6H3. The molecule has 0 spiro atoms. The van der Waals surface area contributed by atoms with Crippen LogP contribution >= 0.6 is 0 Å². The fraction of sp³-hybridized carbons (Fsp3) is 0.368. The molecule has 0 atom stereocenters. The van der Waals surface area contributed by atoms with E-state index in [1.54, 1.807) is 25.8 Å². The van der Waals surface area contributed by atoms with Crippen molar-refractivity contribution in [2.75, 3.05) is 33.2 Å². The van der Waals surface area contributed by atoms with Crippen molar-refractivity contribution in [3.8, 4) is 0 Å². The maximum Gasteiger partial charge on any atom is 0.339 e. The number of H-pyrrole nitrogens is 1. The molecule has 0 aliphatic carbocycles. The molecule has 0 bridgehead atoms. The number of nitrogens with zero attached hydrogens (tertiary/aromatic N) is 2. The number of aryl methyl sites for hydroxylation is 1. The molecule has 0 radical (unpaired) electrons. The van der Waals surface area contributed by atoms with E-state index in [9.17, 15) is 9.59 Å². The molecule has 1 aromatic carbocycles. The van der Waals surface area contributed by atoms with Crippen molar-refractivity contribution in [2.45, 2.75) is 20.4 Å². The molecule has 0 saturated carbocycles. The van der Waals surface area contributed by atoms with Crippen LogP contribution in [0.1, 0.15) is 37.7 Å². The monoisotopic (exact) mass is 343 g/mol. The first-order valence-corrected chi connectivity index (χ1v) is 8.05. The van der Waals surface area contributed by atoms with Gasteiger partial charge < -0.3 is 19.5 Å². The fourth-order valence-electron chi connectivity index (χ4n) is 2.81. The average molecular weight is 343 g/mol. The summed E-state index contributed by atoms with van der Waals surface area (Å²) in [6.45, 7) is 4.00. The minimum absolute atomic E-state index is 0.160. The van der Waals surface area contributed by atoms with E-state index < -0.39 is 5.97 Å². The van der Waals surface area contributed by atoms with Crippen molar-refractivity contribution in [2.24, 2.45) is 0 Å². The first-order valence-electron chi connectivity index (χ1n) is 8.05. The lowest BCUT2D eigenvalue weighted by atomic mass is 10.1. The van der Waals surface area contributed by atoms with Crippen molar-refractivity contribution < 1.29 is 14.3 Å². The van der Waals surface area contributed by atoms with Crippen LogP contribution in [0.3, 0.4) is 0 Å². The van der Waals surface area contributed by atoms with Crippen molar-refractivity contribution in [1.82, 2.24) is 9.88 Å². The highest BCUT2D eigenvalue weighted by atomic mass is 16.5. The van der Waals surface area contributed by atoms with Gasteiger partial charge in [-0.3, -0.25) is 4.79 Å². The van der Waals surface area contributed by atoms with Gasteiger partial charge in [-0.25, -0.2) is 4.79 Å². The lowest BCUT2D eigenvalue weighted by molar-refractivity contribution is 0.0599. The second-order valence-electron chi connectivity index (χ2n) is 6.34. The Kier molecular flexibility index (Phi) is 5.51. The SMILES string of the molecule is COC(=O)c1c(C)[nH]c(C(=O)N(C)Cc2ccc(N(C)C)cc2)c1C. The second kappa shape index (κ2) is 7.42. The molecule has 2 aromatic rings. The summed E-state index contributed by atoms with van der Waals surface area (Å²) >= 11 is 0. The molecule has 2 rings (SSSR count). The van der Waals surface area contributed by atoms with Crippen molar-refractivity contribution in [3.63, 3.8) is 0 Å². The molecule has 1 amide bonds. The number of esters is 1. The number of hydrogen-bond donors (Lipinski definition) is 1. The number of aromatic amines is 1. The molecule has 0 fully saturated rings. The zero-order chi connectivity index (χ0) is 18.7. The van der Waals surface area contributed by atoms with E-state index in [0.29, 0.717) is 29.1 Å². The Morgan fingerprint density at radius 3 is 2.20 bits per heavy atom. The molecule has 134 valence electrons. The summed E-state index contributed by atoms with van der Waals surface area (Å²) in [7, 11) is 7.05. The molecule has 6 nitrogen and oxygen atoms in total. The van der Waals surface area contributed by atoms with E-state index in [-0.39, 0.29) is 5.91 Å². The van der Waals surface area contributed by atoms with Crippen LogP contribution < -0.4 is 4.90 Å². The van der Waals surface area contributed by atoms with Gasteiger partial charge in [0.1, 0.15) is 5.69 Å². The van der Waals surface area contributed by atoms with E-state index in [0.717, 1.165) is 11.3 Å². The summed E-state index contributed by atoms with van der Waals surface area (Å²) in [5.41, 5.74) is 4.24. The van der Waals surface area contributed by atoms with E-state index in [1.165, 1.54) is 7.11 Å². The zero-order valence-electron chi connectivity index (χ0n) is 15.6. The normalized spacial score (nSPS) is 10.5. The minimum Gasteiger partial charge on any atom is -0.465 e. The molecule has 0 unspecified atom stereocenters. The molecular weight excluding hydrogens is 318 g/mol. The molecule has 1 N–H and O–H groups in total. The number of anilines is 1. The Morgan fingerprint density at radius 2 is 1.68 bits per heavy atom. The van der Waals surface area contributed by atoms with Gasteiger partial charge >= 0.3 is 5.97 Å². The van der Waals surface area contributed by atoms with Crippen LogP contribution in [0, 0.1) is 13.8 Å². The summed E-state index contributed by atoms with van der Waals surface area (Å²) in [4.78, 5) is 31.3. The summed E-state index contributed by atoms with van der Waals surface area (Å²) in [6.07, 6.45) is 0. The van der Waals surface area contributed by atoms with Gasteiger partial charge in [0.2, 0.25) is 0 Å². The van der Waals surface area contributed by atoms with E-state index >= 15 is 0 Å². The summed E-state index contributed by atoms with van der Waals surface area (Å²) in [6, 6.07) is 8.05. The number of rotatable bonds is 5. The number of nitrogens with one attached hydrogen (secondary N) is 1. The van der Waals surface area contributed by atoms with E-state index in [2.05, 4.69) is 4.98 Å². The van der Waals surface area contributed by atoms with Gasteiger partial charge in [-0.2, -0.15) is 0 Å². The highest BCUT2D eigenvalue weighted by Gasteiger charge is 2.24. The molecule has 25 heavy (non-hydrogen) atoms. The first-order chi connectivity index (χ1) is 11.8. The summed E-state index contributed by atoms with van der Waals surface area (Å²) < 4.78 is 4.79. The maximum atomic E-state index is 12.8. The van der Waals surface area contributed by atoms with Crippen molar-refractivity contribution in [3.05, 3.63) is 52.3 Å². The Labute approximate surface area is 148 Å². The number of benzene rings is 1. The smallest absolute Gasteiger partial charge is 0.339 e. The number of hydrogen-bond acceptors (Lipinski definition) is 4. The van der Waals surface area contributed by atoms with Gasteiger partial charge in [-0.1, -0.05) is 12.1 Å². The van der Waals surface area contributed by atoms with Gasteiger partial charge in [0.15, 0.2) is 0 Å². The van der Waals surface area contributed by atoms with Crippen LogP contribution in [-0.4, -0.2) is 50.0 Å². The molecular formula is C19H25N3O3. The van der Waals surface area contributed by atoms with Crippen molar-refractivity contribution in [1.29, 1.82) is 0 Å². The zero-order valence-corrected chi connectivity index (χ0v) is 15.6. The van der Waals surface area contributed by atoms with Gasteiger partial charge in [-0.05, 0) is 37.1 Å². The number of carbonyl (C=O) groups is 2. The van der Waals surface area contributed by atoms with Gasteiger partial charge in [-0.15, -0.1) is 0 Å². The molecule has 1 aromatic heterocycles. The van der Waals surface area contributed by atoms with Gasteiger partial charge in [0.05, 0.1) is 12.7 Å². The van der Waals surface area contributed by atoms with Crippen LogP contribution in [0.2, 0.25) is 0 Å². The third kappa shape index (κ3) is 3.84. The fourth-order valence-corrected chi connectivity index (χ4v) is 2.81. The molecule has 0 saturated heterocycles. The minimum atomic E-state index is -0.438. The van der Waals surface area contributed by atoms with Crippen LogP contribution in [0.5, 0.6) is 0 Å². The van der Waals surface area contributed by atoms with Crippen LogP contribution in [0.15, 0.2) is 24.3 Å². The lowest BCUT2D eigenvalue weighted by Gasteiger charge is -2.18. The quantitative estimate of drug-likeness (QED) is 0.848. The second-order valence-corrected chi connectivity index (χ2v) is 6.34. The predicted octanol–water partition coefficient (Wildman–Crippen LogP) is 2.76. The lowest BCUT2D eigenvalue weighted by Crippen LogP contribution is -2.27. The Balaban J connectivity index is 2.19. The van der Waals surface area contributed by atoms with E-state index in [4.69, 9.17) is 4.74 Å². The van der Waals surface area contributed by atoms with Crippen LogP contribution in [0.4, 0.5) is 5.69 Å². The van der Waals surface area contributed by atoms with Gasteiger partial charge in [0, 0.05) is 39.1 Å². The number of amides is 1. The summed E-state index contributed by atoms with van der Waals surface area (Å²) in [5, 5.41) is 0. The first kappa shape index (κ1) is 18.6. The van der Waals surface area contributed by atoms with Gasteiger partial charge in [0.25, 0.3) is 5.91 Å². The largest absolute Gasteiger partial charge is 0.465 e. The Morgan fingerprint density at radius 1 is 1.08 bits per heavy atom. The molecule has 0 aliphatic heterocycles. The van der Waals surface area contributed by atoms with Crippen LogP contribution in [0.25, 0.3) is 0 Å². The average Bonchev–Trinajstić information content (AvgIpc) is 2.88. The number of carbonyl (C=O) groups excluding carboxylic acids is 2. The highest BCUT2D eigenvalue weighted by molar-refractivity contribution is 6.00. The highest BCUT2D eigenvalue weighted by Crippen LogP contribution is 2.21. The molecule has 0 aliphatic rings. The summed E-state index contributed by atoms with van der Waals surface area (Å²) in [5.74, 6) is -0.598. The van der Waals surface area contributed by atoms with E-state index in [1.807, 2.05) is 43.3 Å². The topological polar surface area (TPSA) is 65.6 Å². The predicted molar refractivity (Wildman–Crippen MR) is 98.2 cm³/mol. The van der Waals surface area contributed by atoms with Crippen LogP contribution in [-0.2, 0) is 11.3 Å². The molecule has 1 heterocycles. The molecule has 6 heteroatoms. The van der Waals surface area contributed by atoms with Crippen molar-refractivity contribution >= 4 is 17.6 Å². The Bertz CT molecular complexity index is 776. The third-order valence-electron chi connectivity index (χ3n) is 4.26. The Hall–Kier alpha value is -2.76.